The van der Waals surface area contributed by atoms with Crippen molar-refractivity contribution in [3.63, 3.8) is 0 Å². The number of ketones is 1. The molecule has 0 radical (unpaired) electrons. The zero-order chi connectivity index (χ0) is 11.5. The Morgan fingerprint density at radius 1 is 1.38 bits per heavy atom. The lowest BCUT2D eigenvalue weighted by molar-refractivity contribution is -0.122. The fraction of sp³-hybridized carbons (Fsp3) is 0.615. The molecule has 0 aromatic carbocycles. The number of rotatable bonds is 1. The van der Waals surface area contributed by atoms with Crippen molar-refractivity contribution in [2.45, 2.75) is 18.2 Å². The number of hydrogen-bond acceptors (Lipinski definition) is 1. The number of fused-ring (bicyclic) bond motifs is 5. The molecule has 0 unspecified atom stereocenters. The molecular formula is C13H14Cl2O. The molecule has 16 heavy (non-hydrogen) atoms. The highest BCUT2D eigenvalue weighted by Crippen LogP contribution is 2.59. The summed E-state index contributed by atoms with van der Waals surface area (Å²) in [6.07, 6.45) is 9.15. The second-order valence-electron chi connectivity index (χ2n) is 5.40. The Morgan fingerprint density at radius 2 is 2.06 bits per heavy atom. The predicted molar refractivity (Wildman–Crippen MR) is 65.5 cm³/mol. The van der Waals surface area contributed by atoms with Gasteiger partial charge in [0.1, 0.15) is 4.84 Å². The lowest BCUT2D eigenvalue weighted by Crippen LogP contribution is -2.44. The third-order valence-electron chi connectivity index (χ3n) is 4.58. The Bertz CT molecular complexity index is 399. The van der Waals surface area contributed by atoms with Crippen molar-refractivity contribution >= 4 is 29.0 Å². The van der Waals surface area contributed by atoms with Crippen LogP contribution in [0.3, 0.4) is 0 Å². The van der Waals surface area contributed by atoms with E-state index in [1.165, 1.54) is 0 Å². The standard InChI is InChI=1S/C13H14Cl2O/c1-13(12(14)15)5-4-9(16)10-7-2-3-8(6-7)11(10)13/h2-5,7-8,10-12H,6H2,1H3/t7-,8+,10+,11+,13+/m0/s1. The van der Waals surface area contributed by atoms with Crippen LogP contribution in [-0.4, -0.2) is 10.6 Å². The summed E-state index contributed by atoms with van der Waals surface area (Å²) >= 11 is 12.3. The zero-order valence-electron chi connectivity index (χ0n) is 9.07. The first-order valence-electron chi connectivity index (χ1n) is 5.73. The molecule has 0 saturated heterocycles. The van der Waals surface area contributed by atoms with Crippen LogP contribution in [0.15, 0.2) is 24.3 Å². The minimum Gasteiger partial charge on any atom is -0.295 e. The summed E-state index contributed by atoms with van der Waals surface area (Å²) in [7, 11) is 0. The molecule has 0 aliphatic heterocycles. The number of alkyl halides is 2. The van der Waals surface area contributed by atoms with Crippen LogP contribution in [0.4, 0.5) is 0 Å². The van der Waals surface area contributed by atoms with E-state index in [0.717, 1.165) is 6.42 Å². The Morgan fingerprint density at radius 3 is 2.75 bits per heavy atom. The molecule has 3 rings (SSSR count). The van der Waals surface area contributed by atoms with E-state index < -0.39 is 4.84 Å². The average molecular weight is 257 g/mol. The van der Waals surface area contributed by atoms with E-state index in [-0.39, 0.29) is 17.1 Å². The minimum atomic E-state index is -0.447. The average Bonchev–Trinajstić information content (AvgIpc) is 2.83. The summed E-state index contributed by atoms with van der Waals surface area (Å²) in [4.78, 5) is 11.5. The molecule has 1 saturated carbocycles. The number of hydrogen-bond donors (Lipinski definition) is 0. The SMILES string of the molecule is C[C@@]1(C(Cl)Cl)C=CC(=O)[C@@H]2[C@H]1[C@@H]1C=C[C@H]2C1. The monoisotopic (exact) mass is 256 g/mol. The van der Waals surface area contributed by atoms with E-state index in [0.29, 0.717) is 17.8 Å². The number of halogens is 2. The van der Waals surface area contributed by atoms with Crippen LogP contribution in [-0.2, 0) is 4.79 Å². The van der Waals surface area contributed by atoms with Gasteiger partial charge in [-0.25, -0.2) is 0 Å². The van der Waals surface area contributed by atoms with Crippen molar-refractivity contribution in [1.29, 1.82) is 0 Å². The van der Waals surface area contributed by atoms with Crippen molar-refractivity contribution in [1.82, 2.24) is 0 Å². The van der Waals surface area contributed by atoms with Gasteiger partial charge in [-0.2, -0.15) is 0 Å². The maximum Gasteiger partial charge on any atom is 0.159 e. The molecule has 0 heterocycles. The van der Waals surface area contributed by atoms with Crippen LogP contribution < -0.4 is 0 Å². The van der Waals surface area contributed by atoms with Gasteiger partial charge in [0.25, 0.3) is 0 Å². The molecule has 3 aliphatic rings. The van der Waals surface area contributed by atoms with Crippen LogP contribution in [0.25, 0.3) is 0 Å². The largest absolute Gasteiger partial charge is 0.295 e. The van der Waals surface area contributed by atoms with E-state index in [2.05, 4.69) is 19.1 Å². The maximum atomic E-state index is 12.0. The van der Waals surface area contributed by atoms with Gasteiger partial charge in [0, 0.05) is 11.3 Å². The predicted octanol–water partition coefficient (Wildman–Crippen LogP) is 3.37. The first-order valence-corrected chi connectivity index (χ1v) is 6.61. The van der Waals surface area contributed by atoms with E-state index in [9.17, 15) is 4.79 Å². The zero-order valence-corrected chi connectivity index (χ0v) is 10.6. The summed E-state index contributed by atoms with van der Waals surface area (Å²) in [6, 6.07) is 0. The minimum absolute atomic E-state index is 0.116. The van der Waals surface area contributed by atoms with E-state index in [1.807, 2.05) is 6.08 Å². The second-order valence-corrected chi connectivity index (χ2v) is 6.50. The fourth-order valence-electron chi connectivity index (χ4n) is 3.76. The summed E-state index contributed by atoms with van der Waals surface area (Å²) in [6.45, 7) is 2.08. The van der Waals surface area contributed by atoms with Crippen LogP contribution in [0.2, 0.25) is 0 Å². The molecule has 5 atom stereocenters. The summed E-state index contributed by atoms with van der Waals surface area (Å²) in [5, 5.41) is 0. The summed E-state index contributed by atoms with van der Waals surface area (Å²) in [5.41, 5.74) is -0.258. The molecule has 0 aromatic heterocycles. The quantitative estimate of drug-likeness (QED) is 0.520. The van der Waals surface area contributed by atoms with E-state index in [4.69, 9.17) is 23.2 Å². The van der Waals surface area contributed by atoms with Gasteiger partial charge in [-0.05, 0) is 30.3 Å². The smallest absolute Gasteiger partial charge is 0.159 e. The summed E-state index contributed by atoms with van der Waals surface area (Å²) in [5.74, 6) is 1.56. The highest BCUT2D eigenvalue weighted by atomic mass is 35.5. The van der Waals surface area contributed by atoms with Crippen LogP contribution in [0.5, 0.6) is 0 Å². The molecule has 0 spiro atoms. The number of carbonyl (C=O) groups is 1. The van der Waals surface area contributed by atoms with Gasteiger partial charge in [0.05, 0.1) is 0 Å². The Balaban J connectivity index is 2.08. The lowest BCUT2D eigenvalue weighted by atomic mass is 9.62. The third-order valence-corrected chi connectivity index (χ3v) is 5.52. The van der Waals surface area contributed by atoms with Gasteiger partial charge >= 0.3 is 0 Å². The Labute approximate surface area is 105 Å². The molecule has 1 fully saturated rings. The summed E-state index contributed by atoms with van der Waals surface area (Å²) < 4.78 is 0. The van der Waals surface area contributed by atoms with Crippen molar-refractivity contribution in [3.05, 3.63) is 24.3 Å². The molecule has 86 valence electrons. The maximum absolute atomic E-state index is 12.0. The van der Waals surface area contributed by atoms with Crippen LogP contribution in [0.1, 0.15) is 13.3 Å². The van der Waals surface area contributed by atoms with Gasteiger partial charge in [-0.3, -0.25) is 4.79 Å². The number of carbonyl (C=O) groups excluding carboxylic acids is 1. The highest BCUT2D eigenvalue weighted by Gasteiger charge is 2.57. The first-order chi connectivity index (χ1) is 7.54. The molecule has 0 aromatic rings. The molecule has 3 heteroatoms. The Hall–Kier alpha value is -0.270. The van der Waals surface area contributed by atoms with Crippen molar-refractivity contribution < 1.29 is 4.79 Å². The van der Waals surface area contributed by atoms with E-state index >= 15 is 0 Å². The van der Waals surface area contributed by atoms with Gasteiger partial charge in [-0.15, -0.1) is 23.2 Å². The van der Waals surface area contributed by atoms with Crippen molar-refractivity contribution in [2.24, 2.45) is 29.1 Å². The number of allylic oxidation sites excluding steroid dienone is 4. The Kier molecular flexibility index (Phi) is 2.28. The molecule has 1 nitrogen and oxygen atoms in total. The van der Waals surface area contributed by atoms with Crippen molar-refractivity contribution in [2.75, 3.05) is 0 Å². The van der Waals surface area contributed by atoms with Gasteiger partial charge in [0.2, 0.25) is 0 Å². The molecule has 0 N–H and O–H groups in total. The molecular weight excluding hydrogens is 243 g/mol. The third kappa shape index (κ3) is 1.22. The fourth-order valence-corrected chi connectivity index (χ4v) is 4.20. The van der Waals surface area contributed by atoms with E-state index in [1.54, 1.807) is 6.08 Å². The van der Waals surface area contributed by atoms with Crippen LogP contribution >= 0.6 is 23.2 Å². The lowest BCUT2D eigenvalue weighted by Gasteiger charge is -2.43. The molecule has 3 aliphatic carbocycles. The molecule has 2 bridgehead atoms. The van der Waals surface area contributed by atoms with Crippen molar-refractivity contribution in [3.8, 4) is 0 Å². The highest BCUT2D eigenvalue weighted by molar-refractivity contribution is 6.45. The first kappa shape index (κ1) is 10.9. The van der Waals surface area contributed by atoms with Gasteiger partial charge in [-0.1, -0.05) is 25.2 Å². The van der Waals surface area contributed by atoms with Gasteiger partial charge in [0.15, 0.2) is 5.78 Å². The van der Waals surface area contributed by atoms with Crippen LogP contribution in [0, 0.1) is 29.1 Å². The normalized spacial score (nSPS) is 49.1. The topological polar surface area (TPSA) is 17.1 Å². The van der Waals surface area contributed by atoms with Gasteiger partial charge < -0.3 is 0 Å². The second kappa shape index (κ2) is 3.36. The molecule has 0 amide bonds.